The molecule has 0 fully saturated rings. The lowest BCUT2D eigenvalue weighted by Gasteiger charge is -2.11. The zero-order valence-corrected chi connectivity index (χ0v) is 10.9. The summed E-state index contributed by atoms with van der Waals surface area (Å²) < 4.78 is 0. The molecular formula is C15H19NO. The van der Waals surface area contributed by atoms with Crippen LogP contribution < -0.4 is 5.73 Å². The molecule has 0 heterocycles. The van der Waals surface area contributed by atoms with Gasteiger partial charge in [0.1, 0.15) is 0 Å². The summed E-state index contributed by atoms with van der Waals surface area (Å²) in [5.74, 6) is 0.0845. The van der Waals surface area contributed by atoms with Gasteiger partial charge in [-0.05, 0) is 56.0 Å². The number of Topliss-reactive ketones (excluding diaryl/α,β-unsaturated/α-hetero) is 1. The Balaban J connectivity index is 3.31. The predicted octanol–water partition coefficient (Wildman–Crippen LogP) is 3.46. The van der Waals surface area contributed by atoms with Gasteiger partial charge in [-0.2, -0.15) is 0 Å². The van der Waals surface area contributed by atoms with Crippen molar-refractivity contribution in [2.45, 2.75) is 27.7 Å². The number of carbonyl (C=O) groups is 1. The van der Waals surface area contributed by atoms with Crippen molar-refractivity contribution in [2.24, 2.45) is 5.73 Å². The van der Waals surface area contributed by atoms with Crippen LogP contribution in [0.4, 0.5) is 0 Å². The third-order valence-electron chi connectivity index (χ3n) is 3.08. The monoisotopic (exact) mass is 229 g/mol. The molecule has 90 valence electrons. The van der Waals surface area contributed by atoms with Crippen molar-refractivity contribution < 1.29 is 4.79 Å². The van der Waals surface area contributed by atoms with Crippen LogP contribution in [0.3, 0.4) is 0 Å². The molecule has 0 aliphatic carbocycles. The van der Waals surface area contributed by atoms with Gasteiger partial charge in [0.15, 0.2) is 5.78 Å². The van der Waals surface area contributed by atoms with Crippen molar-refractivity contribution in [2.75, 3.05) is 0 Å². The maximum Gasteiger partial charge on any atom is 0.159 e. The standard InChI is InChI=1S/C15H19NO/c1-9-8-14(13(5)17)6-7-15(9)11(3)10(2)12(4)16/h6-8H,4,16H2,1-3,5H3/b11-10-. The third-order valence-corrected chi connectivity index (χ3v) is 3.08. The number of aryl methyl sites for hydroxylation is 1. The molecule has 17 heavy (non-hydrogen) atoms. The second-order valence-electron chi connectivity index (χ2n) is 4.36. The van der Waals surface area contributed by atoms with Crippen molar-refractivity contribution in [3.05, 3.63) is 52.7 Å². The summed E-state index contributed by atoms with van der Waals surface area (Å²) in [4.78, 5) is 11.3. The largest absolute Gasteiger partial charge is 0.399 e. The lowest BCUT2D eigenvalue weighted by atomic mass is 9.95. The topological polar surface area (TPSA) is 43.1 Å². The SMILES string of the molecule is C=C(N)/C(C)=C(/C)c1ccc(C(C)=O)cc1C. The molecule has 0 saturated heterocycles. The number of nitrogens with two attached hydrogens (primary N) is 1. The quantitative estimate of drug-likeness (QED) is 0.637. The summed E-state index contributed by atoms with van der Waals surface area (Å²) in [5.41, 5.74) is 11.3. The van der Waals surface area contributed by atoms with Crippen molar-refractivity contribution in [3.63, 3.8) is 0 Å². The molecular weight excluding hydrogens is 210 g/mol. The summed E-state index contributed by atoms with van der Waals surface area (Å²) in [5, 5.41) is 0. The Kier molecular flexibility index (Phi) is 3.89. The molecule has 2 heteroatoms. The molecule has 0 aliphatic heterocycles. The minimum Gasteiger partial charge on any atom is -0.399 e. The highest BCUT2D eigenvalue weighted by molar-refractivity contribution is 5.94. The number of rotatable bonds is 3. The van der Waals surface area contributed by atoms with E-state index in [0.717, 1.165) is 27.8 Å². The van der Waals surface area contributed by atoms with Crippen molar-refractivity contribution >= 4 is 11.4 Å². The summed E-state index contributed by atoms with van der Waals surface area (Å²) in [7, 11) is 0. The van der Waals surface area contributed by atoms with Gasteiger partial charge in [0, 0.05) is 11.3 Å². The highest BCUT2D eigenvalue weighted by atomic mass is 16.1. The Morgan fingerprint density at radius 1 is 1.24 bits per heavy atom. The fraction of sp³-hybridized carbons (Fsp3) is 0.267. The number of hydrogen-bond donors (Lipinski definition) is 1. The summed E-state index contributed by atoms with van der Waals surface area (Å²) >= 11 is 0. The lowest BCUT2D eigenvalue weighted by Crippen LogP contribution is -2.00. The zero-order chi connectivity index (χ0) is 13.2. The first-order chi connectivity index (χ1) is 7.84. The van der Waals surface area contributed by atoms with E-state index in [9.17, 15) is 4.79 Å². The van der Waals surface area contributed by atoms with Crippen LogP contribution in [-0.4, -0.2) is 5.78 Å². The van der Waals surface area contributed by atoms with Crippen LogP contribution >= 0.6 is 0 Å². The third kappa shape index (κ3) is 2.84. The molecule has 0 spiro atoms. The predicted molar refractivity (Wildman–Crippen MR) is 72.8 cm³/mol. The number of benzene rings is 1. The Morgan fingerprint density at radius 3 is 2.24 bits per heavy atom. The first-order valence-corrected chi connectivity index (χ1v) is 5.58. The summed E-state index contributed by atoms with van der Waals surface area (Å²) in [6.45, 7) is 11.3. The van der Waals surface area contributed by atoms with E-state index >= 15 is 0 Å². The van der Waals surface area contributed by atoms with Crippen LogP contribution in [0, 0.1) is 6.92 Å². The van der Waals surface area contributed by atoms with E-state index in [1.165, 1.54) is 0 Å². The second-order valence-corrected chi connectivity index (χ2v) is 4.36. The lowest BCUT2D eigenvalue weighted by molar-refractivity contribution is 0.101. The van der Waals surface area contributed by atoms with Gasteiger partial charge in [-0.25, -0.2) is 0 Å². The normalized spacial score (nSPS) is 12.0. The van der Waals surface area contributed by atoms with Crippen LogP contribution in [0.5, 0.6) is 0 Å². The molecule has 0 unspecified atom stereocenters. The molecule has 2 N–H and O–H groups in total. The van der Waals surface area contributed by atoms with Crippen molar-refractivity contribution in [1.82, 2.24) is 0 Å². The summed E-state index contributed by atoms with van der Waals surface area (Å²) in [6.07, 6.45) is 0. The fourth-order valence-electron chi connectivity index (χ4n) is 1.75. The van der Waals surface area contributed by atoms with Crippen LogP contribution in [0.25, 0.3) is 5.57 Å². The van der Waals surface area contributed by atoms with Crippen LogP contribution in [-0.2, 0) is 0 Å². The van der Waals surface area contributed by atoms with Gasteiger partial charge in [0.05, 0.1) is 0 Å². The van der Waals surface area contributed by atoms with Crippen molar-refractivity contribution in [3.8, 4) is 0 Å². The maximum atomic E-state index is 11.3. The van der Waals surface area contributed by atoms with Gasteiger partial charge in [0.25, 0.3) is 0 Å². The molecule has 1 aromatic rings. The van der Waals surface area contributed by atoms with Crippen LogP contribution in [0.1, 0.15) is 42.3 Å². The van der Waals surface area contributed by atoms with E-state index in [4.69, 9.17) is 5.73 Å². The van der Waals surface area contributed by atoms with Gasteiger partial charge in [-0.1, -0.05) is 18.7 Å². The molecule has 0 atom stereocenters. The molecule has 2 nitrogen and oxygen atoms in total. The van der Waals surface area contributed by atoms with Crippen LogP contribution in [0.15, 0.2) is 36.0 Å². The Labute approximate surface area is 103 Å². The highest BCUT2D eigenvalue weighted by Crippen LogP contribution is 2.24. The van der Waals surface area contributed by atoms with Gasteiger partial charge in [-0.15, -0.1) is 0 Å². The number of carbonyl (C=O) groups excluding carboxylic acids is 1. The molecule has 0 saturated carbocycles. The minimum atomic E-state index is 0.0845. The molecule has 0 amide bonds. The Bertz CT molecular complexity index is 510. The molecule has 0 radical (unpaired) electrons. The van der Waals surface area contributed by atoms with E-state index in [2.05, 4.69) is 6.58 Å². The number of ketones is 1. The van der Waals surface area contributed by atoms with Crippen molar-refractivity contribution in [1.29, 1.82) is 0 Å². The van der Waals surface area contributed by atoms with Gasteiger partial charge in [-0.3, -0.25) is 4.79 Å². The van der Waals surface area contributed by atoms with E-state index < -0.39 is 0 Å². The van der Waals surface area contributed by atoms with E-state index in [0.29, 0.717) is 5.70 Å². The average Bonchev–Trinajstić information content (AvgIpc) is 2.26. The summed E-state index contributed by atoms with van der Waals surface area (Å²) in [6, 6.07) is 5.72. The smallest absolute Gasteiger partial charge is 0.159 e. The number of hydrogen-bond acceptors (Lipinski definition) is 2. The second kappa shape index (κ2) is 5.00. The first kappa shape index (κ1) is 13.2. The fourth-order valence-corrected chi connectivity index (χ4v) is 1.75. The Morgan fingerprint density at radius 2 is 1.82 bits per heavy atom. The molecule has 1 rings (SSSR count). The minimum absolute atomic E-state index is 0.0845. The molecule has 0 bridgehead atoms. The van der Waals surface area contributed by atoms with Gasteiger partial charge < -0.3 is 5.73 Å². The van der Waals surface area contributed by atoms with Crippen LogP contribution in [0.2, 0.25) is 0 Å². The van der Waals surface area contributed by atoms with Gasteiger partial charge in [0.2, 0.25) is 0 Å². The first-order valence-electron chi connectivity index (χ1n) is 5.58. The highest BCUT2D eigenvalue weighted by Gasteiger charge is 2.07. The average molecular weight is 229 g/mol. The van der Waals surface area contributed by atoms with Gasteiger partial charge >= 0.3 is 0 Å². The zero-order valence-electron chi connectivity index (χ0n) is 10.9. The van der Waals surface area contributed by atoms with E-state index in [-0.39, 0.29) is 5.78 Å². The number of allylic oxidation sites excluding steroid dienone is 2. The van der Waals surface area contributed by atoms with E-state index in [1.54, 1.807) is 6.92 Å². The van der Waals surface area contributed by atoms with E-state index in [1.807, 2.05) is 39.0 Å². The maximum absolute atomic E-state index is 11.3. The molecule has 0 aliphatic rings. The molecule has 0 aromatic heterocycles. The Hall–Kier alpha value is -1.83. The molecule has 1 aromatic carbocycles.